The summed E-state index contributed by atoms with van der Waals surface area (Å²) < 4.78 is 16.5. The molecule has 90 heavy (non-hydrogen) atoms. The number of ether oxygens (including phenoxy) is 3. The van der Waals surface area contributed by atoms with E-state index >= 15 is 0 Å². The minimum absolute atomic E-state index is 0.102. The number of unbranched alkanes of at least 4 members (excludes halogenated alkanes) is 45. The zero-order valence-electron chi connectivity index (χ0n) is 58.9. The van der Waals surface area contributed by atoms with E-state index in [0.29, 0.717) is 73.6 Å². The maximum absolute atomic E-state index is 13.7. The molecule has 0 aromatic carbocycles. The summed E-state index contributed by atoms with van der Waals surface area (Å²) in [6, 6.07) is 0. The van der Waals surface area contributed by atoms with E-state index in [4.69, 9.17) is 14.2 Å². The lowest BCUT2D eigenvalue weighted by Crippen LogP contribution is -2.59. The summed E-state index contributed by atoms with van der Waals surface area (Å²) >= 11 is 4.60. The molecule has 0 aromatic rings. The van der Waals surface area contributed by atoms with Crippen molar-refractivity contribution in [3.8, 4) is 0 Å². The van der Waals surface area contributed by atoms with Crippen molar-refractivity contribution in [2.24, 2.45) is 0 Å². The molecule has 0 radical (unpaired) electrons. The predicted molar refractivity (Wildman–Crippen MR) is 386 cm³/mol. The molecular formula is C75H141N3O9S3. The molecule has 1 heterocycles. The SMILES string of the molecule is CCCCCCCCCCCCCCCCCCOC(=O)CCSCCC(=O)N1CN(C(=O)CCSCCC(=O)OCCCCCCCCCCCCCCCCCC)CN(C(=O)CCSCCC(=O)OCCCCCCCCCCCCCCCCCC)C1. The summed E-state index contributed by atoms with van der Waals surface area (Å²) in [7, 11) is 0. The monoisotopic (exact) mass is 1320 g/mol. The second kappa shape index (κ2) is 68.3. The smallest absolute Gasteiger partial charge is 0.306 e. The summed E-state index contributed by atoms with van der Waals surface area (Å²) in [5, 5.41) is 0. The van der Waals surface area contributed by atoms with Crippen molar-refractivity contribution in [1.29, 1.82) is 0 Å². The first kappa shape index (κ1) is 85.9. The van der Waals surface area contributed by atoms with Gasteiger partial charge in [-0.3, -0.25) is 28.8 Å². The number of esters is 3. The average molecular weight is 1330 g/mol. The zero-order chi connectivity index (χ0) is 65.1. The van der Waals surface area contributed by atoms with Crippen LogP contribution >= 0.6 is 35.3 Å². The Labute approximate surface area is 567 Å². The number of carbonyl (C=O) groups is 6. The average Bonchev–Trinajstić information content (AvgIpc) is 1.78. The highest BCUT2D eigenvalue weighted by molar-refractivity contribution is 7.99. The Hall–Kier alpha value is -2.13. The van der Waals surface area contributed by atoms with E-state index in [1.165, 1.54) is 305 Å². The highest BCUT2D eigenvalue weighted by Gasteiger charge is 2.31. The molecule has 528 valence electrons. The van der Waals surface area contributed by atoms with Crippen molar-refractivity contribution in [3.63, 3.8) is 0 Å². The molecule has 0 atom stereocenters. The lowest BCUT2D eigenvalue weighted by Gasteiger charge is -2.42. The lowest BCUT2D eigenvalue weighted by atomic mass is 10.0. The minimum atomic E-state index is -0.202. The van der Waals surface area contributed by atoms with Crippen LogP contribution in [-0.2, 0) is 43.0 Å². The summed E-state index contributed by atoms with van der Waals surface area (Å²) in [6.07, 6.45) is 64.0. The molecule has 1 fully saturated rings. The van der Waals surface area contributed by atoms with Gasteiger partial charge in [-0.15, -0.1) is 0 Å². The van der Waals surface area contributed by atoms with E-state index in [2.05, 4.69) is 20.8 Å². The third-order valence-electron chi connectivity index (χ3n) is 17.6. The number of amides is 3. The molecule has 3 amide bonds. The van der Waals surface area contributed by atoms with Gasteiger partial charge in [-0.2, -0.15) is 35.3 Å². The number of thioether (sulfide) groups is 3. The Morgan fingerprint density at radius 2 is 0.389 bits per heavy atom. The fraction of sp³-hybridized carbons (Fsp3) is 0.920. The van der Waals surface area contributed by atoms with E-state index in [9.17, 15) is 28.8 Å². The van der Waals surface area contributed by atoms with Crippen LogP contribution in [0, 0.1) is 0 Å². The molecule has 0 unspecified atom stereocenters. The van der Waals surface area contributed by atoms with Gasteiger partial charge in [0.2, 0.25) is 17.7 Å². The van der Waals surface area contributed by atoms with Crippen LogP contribution in [0.5, 0.6) is 0 Å². The van der Waals surface area contributed by atoms with Gasteiger partial charge in [0.1, 0.15) is 0 Å². The Balaban J connectivity index is 2.39. The van der Waals surface area contributed by atoms with Crippen LogP contribution in [0.15, 0.2) is 0 Å². The molecule has 0 aromatic heterocycles. The van der Waals surface area contributed by atoms with Crippen LogP contribution in [0.1, 0.15) is 367 Å². The molecule has 0 aliphatic carbocycles. The van der Waals surface area contributed by atoms with Gasteiger partial charge in [0.25, 0.3) is 0 Å². The summed E-state index contributed by atoms with van der Waals surface area (Å²) in [5.41, 5.74) is 0. The predicted octanol–water partition coefficient (Wildman–Crippen LogP) is 21.3. The fourth-order valence-corrected chi connectivity index (χ4v) is 14.2. The van der Waals surface area contributed by atoms with Gasteiger partial charge in [0.15, 0.2) is 0 Å². The molecule has 0 bridgehead atoms. The highest BCUT2D eigenvalue weighted by Crippen LogP contribution is 2.21. The van der Waals surface area contributed by atoms with Crippen LogP contribution in [0.2, 0.25) is 0 Å². The first-order valence-electron chi connectivity index (χ1n) is 38.2. The number of rotatable bonds is 69. The largest absolute Gasteiger partial charge is 0.466 e. The zero-order valence-corrected chi connectivity index (χ0v) is 61.4. The Morgan fingerprint density at radius 3 is 0.567 bits per heavy atom. The van der Waals surface area contributed by atoms with Crippen LogP contribution < -0.4 is 0 Å². The van der Waals surface area contributed by atoms with Crippen molar-refractivity contribution in [2.75, 3.05) is 74.3 Å². The first-order valence-corrected chi connectivity index (χ1v) is 41.7. The molecule has 15 heteroatoms. The molecule has 12 nitrogen and oxygen atoms in total. The van der Waals surface area contributed by atoms with E-state index in [-0.39, 0.29) is 74.9 Å². The second-order valence-electron chi connectivity index (χ2n) is 26.1. The van der Waals surface area contributed by atoms with Crippen molar-refractivity contribution in [2.45, 2.75) is 367 Å². The Morgan fingerprint density at radius 1 is 0.233 bits per heavy atom. The quantitative estimate of drug-likeness (QED) is 0.0325. The van der Waals surface area contributed by atoms with E-state index < -0.39 is 0 Å². The molecule has 0 saturated carbocycles. The molecule has 1 rings (SSSR count). The summed E-state index contributed by atoms with van der Waals surface area (Å²) in [4.78, 5) is 83.1. The van der Waals surface area contributed by atoms with Gasteiger partial charge in [-0.05, 0) is 19.3 Å². The number of hydrogen-bond acceptors (Lipinski definition) is 12. The molecule has 1 saturated heterocycles. The van der Waals surface area contributed by atoms with Crippen LogP contribution in [0.4, 0.5) is 0 Å². The standard InChI is InChI=1S/C75H141N3O9S3/c1-4-7-10-13-16-19-22-25-28-31-34-37-40-43-46-49-58-85-73(82)55-64-88-61-52-70(79)76-67-77(71(80)53-62-89-65-56-74(83)86-59-50-47-44-41-38-35-32-29-26-23-20-17-14-11-8-5-2)69-78(68-76)72(81)54-63-90-66-57-75(84)87-60-51-48-45-42-39-36-33-30-27-24-21-18-15-12-9-6-3/h4-69H2,1-3H3. The third kappa shape index (κ3) is 58.4. The van der Waals surface area contributed by atoms with Crippen LogP contribution in [-0.4, -0.2) is 125 Å². The van der Waals surface area contributed by atoms with Crippen molar-refractivity contribution >= 4 is 70.9 Å². The number of hydrogen-bond donors (Lipinski definition) is 0. The topological polar surface area (TPSA) is 140 Å². The fourth-order valence-electron chi connectivity index (χ4n) is 11.7. The van der Waals surface area contributed by atoms with Crippen molar-refractivity contribution in [1.82, 2.24) is 14.7 Å². The lowest BCUT2D eigenvalue weighted by molar-refractivity contribution is -0.158. The Bertz CT molecular complexity index is 1470. The van der Waals surface area contributed by atoms with Gasteiger partial charge < -0.3 is 28.9 Å². The minimum Gasteiger partial charge on any atom is -0.466 e. The third-order valence-corrected chi connectivity index (χ3v) is 20.6. The normalized spacial score (nSPS) is 12.5. The van der Waals surface area contributed by atoms with E-state index in [1.54, 1.807) is 14.7 Å². The Kier molecular flexibility index (Phi) is 65.1. The highest BCUT2D eigenvalue weighted by atomic mass is 32.2. The van der Waals surface area contributed by atoms with Crippen molar-refractivity contribution < 1.29 is 43.0 Å². The molecule has 1 aliphatic heterocycles. The maximum Gasteiger partial charge on any atom is 0.306 e. The van der Waals surface area contributed by atoms with Gasteiger partial charge >= 0.3 is 17.9 Å². The molecule has 1 aliphatic rings. The van der Waals surface area contributed by atoms with E-state index in [1.807, 2.05) is 0 Å². The summed E-state index contributed by atoms with van der Waals surface area (Å²) in [6.45, 7) is 8.50. The maximum atomic E-state index is 13.7. The second-order valence-corrected chi connectivity index (χ2v) is 29.8. The number of nitrogens with zero attached hydrogens (tertiary/aromatic N) is 3. The van der Waals surface area contributed by atoms with Crippen LogP contribution in [0.3, 0.4) is 0 Å². The van der Waals surface area contributed by atoms with Gasteiger partial charge in [0.05, 0.1) is 59.1 Å². The van der Waals surface area contributed by atoms with Gasteiger partial charge in [0, 0.05) is 53.8 Å². The van der Waals surface area contributed by atoms with Gasteiger partial charge in [-0.25, -0.2) is 0 Å². The molecule has 0 spiro atoms. The van der Waals surface area contributed by atoms with Crippen molar-refractivity contribution in [3.05, 3.63) is 0 Å². The molecule has 0 N–H and O–H groups in total. The van der Waals surface area contributed by atoms with E-state index in [0.717, 1.165) is 38.5 Å². The first-order chi connectivity index (χ1) is 44.2. The van der Waals surface area contributed by atoms with Gasteiger partial charge in [-0.1, -0.05) is 310 Å². The number of carbonyl (C=O) groups excluding carboxylic acids is 6. The van der Waals surface area contributed by atoms with Crippen LogP contribution in [0.25, 0.3) is 0 Å². The summed E-state index contributed by atoms with van der Waals surface area (Å²) in [5.74, 6) is 2.17. The molecular weight excluding hydrogens is 1180 g/mol.